The van der Waals surface area contributed by atoms with Gasteiger partial charge in [0.15, 0.2) is 5.65 Å². The summed E-state index contributed by atoms with van der Waals surface area (Å²) in [7, 11) is -1.81. The van der Waals surface area contributed by atoms with Crippen LogP contribution in [-0.4, -0.2) is 47.7 Å². The van der Waals surface area contributed by atoms with Crippen molar-refractivity contribution in [3.05, 3.63) is 52.8 Å². The number of likely N-dealkylation sites (tertiary alicyclic amines) is 1. The van der Waals surface area contributed by atoms with Crippen molar-refractivity contribution < 1.29 is 8.42 Å². The molecule has 1 aromatic carbocycles. The summed E-state index contributed by atoms with van der Waals surface area (Å²) in [5.74, 6) is 0.319. The Kier molecular flexibility index (Phi) is 6.11. The van der Waals surface area contributed by atoms with Gasteiger partial charge in [-0.3, -0.25) is 9.58 Å². The molecule has 30 heavy (non-hydrogen) atoms. The third-order valence-electron chi connectivity index (χ3n) is 5.77. The van der Waals surface area contributed by atoms with Crippen molar-refractivity contribution in [1.29, 1.82) is 0 Å². The van der Waals surface area contributed by atoms with Gasteiger partial charge in [0.05, 0.1) is 5.69 Å². The van der Waals surface area contributed by atoms with E-state index >= 15 is 0 Å². The normalized spacial score (nSPS) is 16.4. The van der Waals surface area contributed by atoms with Gasteiger partial charge in [-0.25, -0.2) is 18.1 Å². The van der Waals surface area contributed by atoms with Crippen LogP contribution in [-0.2, 0) is 23.6 Å². The van der Waals surface area contributed by atoms with E-state index in [-0.39, 0.29) is 4.90 Å². The molecule has 0 spiro atoms. The SMILES string of the molecule is Cc1nn(C)c2ncc(S(=O)(=O)NCC3CCN(Cc4ccccc4Cl)CC3)cc12. The van der Waals surface area contributed by atoms with Gasteiger partial charge in [0, 0.05) is 36.7 Å². The van der Waals surface area contributed by atoms with Crippen molar-refractivity contribution in [3.8, 4) is 0 Å². The molecule has 3 aromatic rings. The van der Waals surface area contributed by atoms with E-state index < -0.39 is 10.0 Å². The molecule has 0 unspecified atom stereocenters. The minimum Gasteiger partial charge on any atom is -0.299 e. The maximum Gasteiger partial charge on any atom is 0.242 e. The summed E-state index contributed by atoms with van der Waals surface area (Å²) in [6.07, 6.45) is 3.30. The van der Waals surface area contributed by atoms with Crippen LogP contribution in [0.5, 0.6) is 0 Å². The Bertz CT molecular complexity index is 1150. The first-order valence-electron chi connectivity index (χ1n) is 10.1. The van der Waals surface area contributed by atoms with Crippen LogP contribution < -0.4 is 4.72 Å². The van der Waals surface area contributed by atoms with Crippen molar-refractivity contribution in [2.75, 3.05) is 19.6 Å². The van der Waals surface area contributed by atoms with E-state index in [1.165, 1.54) is 6.20 Å². The first-order chi connectivity index (χ1) is 14.3. The molecule has 160 valence electrons. The van der Waals surface area contributed by atoms with E-state index in [1.807, 2.05) is 25.1 Å². The molecule has 1 aliphatic heterocycles. The topological polar surface area (TPSA) is 80.1 Å². The van der Waals surface area contributed by atoms with Crippen LogP contribution >= 0.6 is 11.6 Å². The van der Waals surface area contributed by atoms with Crippen molar-refractivity contribution >= 4 is 32.7 Å². The van der Waals surface area contributed by atoms with Crippen LogP contribution in [0.2, 0.25) is 5.02 Å². The van der Waals surface area contributed by atoms with Crippen LogP contribution in [0.1, 0.15) is 24.1 Å². The molecule has 9 heteroatoms. The van der Waals surface area contributed by atoms with Gasteiger partial charge in [-0.15, -0.1) is 0 Å². The molecule has 1 saturated heterocycles. The monoisotopic (exact) mass is 447 g/mol. The maximum absolute atomic E-state index is 12.8. The van der Waals surface area contributed by atoms with E-state index in [0.29, 0.717) is 18.1 Å². The highest BCUT2D eigenvalue weighted by Crippen LogP contribution is 2.23. The van der Waals surface area contributed by atoms with Crippen LogP contribution in [0.3, 0.4) is 0 Å². The molecule has 0 radical (unpaired) electrons. The molecule has 0 bridgehead atoms. The van der Waals surface area contributed by atoms with Crippen molar-refractivity contribution in [1.82, 2.24) is 24.4 Å². The van der Waals surface area contributed by atoms with E-state index in [1.54, 1.807) is 17.8 Å². The third-order valence-corrected chi connectivity index (χ3v) is 7.53. The zero-order valence-corrected chi connectivity index (χ0v) is 18.7. The Morgan fingerprint density at radius 3 is 2.70 bits per heavy atom. The van der Waals surface area contributed by atoms with Gasteiger partial charge in [0.1, 0.15) is 4.90 Å². The molecule has 0 aliphatic carbocycles. The largest absolute Gasteiger partial charge is 0.299 e. The van der Waals surface area contributed by atoms with Crippen LogP contribution in [0.25, 0.3) is 11.0 Å². The van der Waals surface area contributed by atoms with Gasteiger partial charge in [0.25, 0.3) is 0 Å². The molecular formula is C21H26ClN5O2S. The summed E-state index contributed by atoms with van der Waals surface area (Å²) >= 11 is 6.26. The van der Waals surface area contributed by atoms with Crippen molar-refractivity contribution in [3.63, 3.8) is 0 Å². The minimum atomic E-state index is -3.61. The third kappa shape index (κ3) is 4.51. The zero-order valence-electron chi connectivity index (χ0n) is 17.2. The lowest BCUT2D eigenvalue weighted by molar-refractivity contribution is 0.178. The predicted molar refractivity (Wildman–Crippen MR) is 118 cm³/mol. The summed E-state index contributed by atoms with van der Waals surface area (Å²) in [5.41, 5.74) is 2.58. The number of halogens is 1. The smallest absolute Gasteiger partial charge is 0.242 e. The summed E-state index contributed by atoms with van der Waals surface area (Å²) in [5, 5.41) is 5.85. The Morgan fingerprint density at radius 2 is 1.97 bits per heavy atom. The molecule has 0 amide bonds. The second kappa shape index (κ2) is 8.63. The number of nitrogens with one attached hydrogen (secondary N) is 1. The van der Waals surface area contributed by atoms with E-state index in [4.69, 9.17) is 11.6 Å². The number of pyridine rings is 1. The summed E-state index contributed by atoms with van der Waals surface area (Å²) in [6, 6.07) is 9.56. The number of benzene rings is 1. The van der Waals surface area contributed by atoms with Crippen LogP contribution in [0, 0.1) is 12.8 Å². The molecule has 2 aromatic heterocycles. The number of aryl methyl sites for hydroxylation is 2. The van der Waals surface area contributed by atoms with Crippen LogP contribution in [0.4, 0.5) is 0 Å². The number of hydrogen-bond donors (Lipinski definition) is 1. The fraction of sp³-hybridized carbons (Fsp3) is 0.429. The molecule has 7 nitrogen and oxygen atoms in total. The predicted octanol–water partition coefficient (Wildman–Crippen LogP) is 3.12. The fourth-order valence-corrected chi connectivity index (χ4v) is 5.24. The Balaban J connectivity index is 1.34. The van der Waals surface area contributed by atoms with E-state index in [2.05, 4.69) is 25.8 Å². The number of sulfonamides is 1. The molecule has 1 aliphatic rings. The van der Waals surface area contributed by atoms with E-state index in [9.17, 15) is 8.42 Å². The average molecular weight is 448 g/mol. The molecule has 1 fully saturated rings. The highest BCUT2D eigenvalue weighted by molar-refractivity contribution is 7.89. The highest BCUT2D eigenvalue weighted by Gasteiger charge is 2.23. The number of rotatable bonds is 6. The molecule has 0 atom stereocenters. The van der Waals surface area contributed by atoms with Gasteiger partial charge >= 0.3 is 0 Å². The van der Waals surface area contributed by atoms with Gasteiger partial charge in [-0.1, -0.05) is 29.8 Å². The molecule has 0 saturated carbocycles. The lowest BCUT2D eigenvalue weighted by Crippen LogP contribution is -2.38. The standard InChI is InChI=1S/C21H26ClN5O2S/c1-15-19-11-18(13-23-21(19)26(2)25-15)30(28,29)24-12-16-7-9-27(10-8-16)14-17-5-3-4-6-20(17)22/h3-6,11,13,16,24H,7-10,12,14H2,1-2H3. The Labute approximate surface area is 182 Å². The molecule has 3 heterocycles. The van der Waals surface area contributed by atoms with Gasteiger partial charge in [-0.2, -0.15) is 5.10 Å². The molecule has 4 rings (SSSR count). The number of nitrogens with zero attached hydrogens (tertiary/aromatic N) is 4. The molecular weight excluding hydrogens is 422 g/mol. The number of fused-ring (bicyclic) bond motifs is 1. The van der Waals surface area contributed by atoms with Gasteiger partial charge < -0.3 is 0 Å². The first kappa shape index (κ1) is 21.2. The minimum absolute atomic E-state index is 0.183. The summed E-state index contributed by atoms with van der Waals surface area (Å²) in [6.45, 7) is 4.98. The van der Waals surface area contributed by atoms with Crippen LogP contribution in [0.15, 0.2) is 41.4 Å². The van der Waals surface area contributed by atoms with Gasteiger partial charge in [-0.05, 0) is 56.5 Å². The lowest BCUT2D eigenvalue weighted by atomic mass is 9.97. The Morgan fingerprint density at radius 1 is 1.23 bits per heavy atom. The highest BCUT2D eigenvalue weighted by atomic mass is 35.5. The quantitative estimate of drug-likeness (QED) is 0.628. The number of hydrogen-bond acceptors (Lipinski definition) is 5. The lowest BCUT2D eigenvalue weighted by Gasteiger charge is -2.32. The van der Waals surface area contributed by atoms with E-state index in [0.717, 1.165) is 54.1 Å². The average Bonchev–Trinajstić information content (AvgIpc) is 3.02. The number of aromatic nitrogens is 3. The Hall–Kier alpha value is -2.00. The molecule has 1 N–H and O–H groups in total. The fourth-order valence-electron chi connectivity index (χ4n) is 3.96. The summed E-state index contributed by atoms with van der Waals surface area (Å²) in [4.78, 5) is 6.84. The second-order valence-electron chi connectivity index (χ2n) is 7.91. The summed E-state index contributed by atoms with van der Waals surface area (Å²) < 4.78 is 30.0. The van der Waals surface area contributed by atoms with Crippen molar-refractivity contribution in [2.45, 2.75) is 31.2 Å². The maximum atomic E-state index is 12.8. The second-order valence-corrected chi connectivity index (χ2v) is 10.1. The number of piperidine rings is 1. The first-order valence-corrected chi connectivity index (χ1v) is 11.9. The van der Waals surface area contributed by atoms with Gasteiger partial charge in [0.2, 0.25) is 10.0 Å². The van der Waals surface area contributed by atoms with Crippen molar-refractivity contribution in [2.24, 2.45) is 13.0 Å². The zero-order chi connectivity index (χ0) is 21.3.